The Morgan fingerprint density at radius 2 is 1.63 bits per heavy atom. The minimum atomic E-state index is -1.19. The zero-order valence-corrected chi connectivity index (χ0v) is 26.5. The van der Waals surface area contributed by atoms with Crippen molar-refractivity contribution in [2.75, 3.05) is 0 Å². The third-order valence-electron chi connectivity index (χ3n) is 6.93. The molecule has 0 saturated carbocycles. The molecule has 0 aliphatic rings. The molecular formula is C33H48N4O6. The van der Waals surface area contributed by atoms with E-state index in [1.54, 1.807) is 39.8 Å². The predicted octanol–water partition coefficient (Wildman–Crippen LogP) is 4.87. The van der Waals surface area contributed by atoms with Crippen molar-refractivity contribution in [1.29, 1.82) is 0 Å². The Kier molecular flexibility index (Phi) is 13.0. The third-order valence-corrected chi connectivity index (χ3v) is 6.93. The van der Waals surface area contributed by atoms with Crippen LogP contribution in [-0.4, -0.2) is 51.5 Å². The summed E-state index contributed by atoms with van der Waals surface area (Å²) in [5, 5.41) is 15.8. The summed E-state index contributed by atoms with van der Waals surface area (Å²) in [5.41, 5.74) is 6.51. The molecule has 2 rings (SSSR count). The molecule has 0 radical (unpaired) electrons. The maximum Gasteiger partial charge on any atom is 0.408 e. The molecule has 10 heteroatoms. The van der Waals surface area contributed by atoms with Crippen LogP contribution < -0.4 is 16.4 Å². The van der Waals surface area contributed by atoms with Gasteiger partial charge < -0.3 is 31.1 Å². The van der Waals surface area contributed by atoms with Gasteiger partial charge in [-0.15, -0.1) is 0 Å². The minimum Gasteiger partial charge on any atom is -0.508 e. The molecule has 0 saturated heterocycles. The molecule has 0 aliphatic carbocycles. The van der Waals surface area contributed by atoms with Gasteiger partial charge in [-0.25, -0.2) is 4.79 Å². The number of nitrogens with one attached hydrogen (secondary N) is 2. The van der Waals surface area contributed by atoms with Gasteiger partial charge >= 0.3 is 6.09 Å². The van der Waals surface area contributed by atoms with Crippen molar-refractivity contribution in [2.45, 2.75) is 104 Å². The topological polar surface area (TPSA) is 151 Å². The number of nitrogens with zero attached hydrogens (tertiary/aromatic N) is 1. The van der Waals surface area contributed by atoms with Crippen molar-refractivity contribution in [3.8, 4) is 5.75 Å². The van der Waals surface area contributed by atoms with Crippen molar-refractivity contribution in [1.82, 2.24) is 15.5 Å². The quantitative estimate of drug-likeness (QED) is 0.244. The molecule has 236 valence electrons. The van der Waals surface area contributed by atoms with Gasteiger partial charge in [0.15, 0.2) is 0 Å². The highest BCUT2D eigenvalue weighted by molar-refractivity contribution is 5.92. The first kappa shape index (κ1) is 35.1. The fourth-order valence-electron chi connectivity index (χ4n) is 4.66. The number of primary amides is 1. The van der Waals surface area contributed by atoms with E-state index in [-0.39, 0.29) is 25.1 Å². The molecule has 0 heterocycles. The molecule has 0 aromatic heterocycles. The number of aryl methyl sites for hydroxylation is 1. The van der Waals surface area contributed by atoms with Crippen LogP contribution in [0.2, 0.25) is 0 Å². The number of ether oxygens (including phenoxy) is 1. The van der Waals surface area contributed by atoms with Crippen LogP contribution in [0.5, 0.6) is 5.75 Å². The van der Waals surface area contributed by atoms with E-state index < -0.39 is 47.5 Å². The number of aromatic hydroxyl groups is 1. The predicted molar refractivity (Wildman–Crippen MR) is 166 cm³/mol. The number of phenolic OH excluding ortho intramolecular Hbond substituents is 1. The van der Waals surface area contributed by atoms with Crippen molar-refractivity contribution in [2.24, 2.45) is 11.7 Å². The average Bonchev–Trinajstić information content (AvgIpc) is 2.92. The Morgan fingerprint density at radius 1 is 0.977 bits per heavy atom. The molecule has 10 nitrogen and oxygen atoms in total. The van der Waals surface area contributed by atoms with Crippen LogP contribution in [0.25, 0.3) is 0 Å². The number of benzene rings is 2. The number of phenols is 1. The highest BCUT2D eigenvalue weighted by Crippen LogP contribution is 2.30. The van der Waals surface area contributed by atoms with Crippen LogP contribution in [0.15, 0.2) is 48.5 Å². The molecule has 0 spiro atoms. The highest BCUT2D eigenvalue weighted by atomic mass is 16.6. The molecule has 3 atom stereocenters. The summed E-state index contributed by atoms with van der Waals surface area (Å²) in [7, 11) is 0. The van der Waals surface area contributed by atoms with Gasteiger partial charge in [0.2, 0.25) is 17.7 Å². The number of nitrogens with two attached hydrogens (primary N) is 1. The summed E-state index contributed by atoms with van der Waals surface area (Å²) in [6.07, 6.45) is 0.300. The molecule has 43 heavy (non-hydrogen) atoms. The summed E-state index contributed by atoms with van der Waals surface area (Å²) in [6.45, 7) is 13.1. The van der Waals surface area contributed by atoms with E-state index in [1.807, 2.05) is 37.3 Å². The molecule has 3 unspecified atom stereocenters. The second-order valence-electron chi connectivity index (χ2n) is 12.4. The molecule has 0 aliphatic heterocycles. The van der Waals surface area contributed by atoms with E-state index in [0.717, 1.165) is 12.0 Å². The van der Waals surface area contributed by atoms with E-state index in [0.29, 0.717) is 23.5 Å². The van der Waals surface area contributed by atoms with Crippen molar-refractivity contribution in [3.05, 3.63) is 65.2 Å². The summed E-state index contributed by atoms with van der Waals surface area (Å²) >= 11 is 0. The second-order valence-corrected chi connectivity index (χ2v) is 12.4. The lowest BCUT2D eigenvalue weighted by Gasteiger charge is -2.39. The van der Waals surface area contributed by atoms with Crippen LogP contribution in [0, 0.1) is 12.8 Å². The average molecular weight is 597 g/mol. The normalized spacial score (nSPS) is 13.5. The standard InChI is InChI=1S/C33H48N4O6/c1-21(2)13-14-23(4)37(31(41)26(16-18-28(34)39)36-32(42)43-33(5,6)7)29(25-15-17-27(38)22(3)19-25)30(40)35-20-24-11-9-8-10-12-24/h8-12,15,17,19,21,23,26,29,38H,13-14,16,18,20H2,1-7H3,(H2,34,39)(H,35,40)(H,36,42). The Bertz CT molecular complexity index is 1240. The molecular weight excluding hydrogens is 548 g/mol. The monoisotopic (exact) mass is 596 g/mol. The van der Waals surface area contributed by atoms with Crippen LogP contribution in [-0.2, 0) is 25.7 Å². The van der Waals surface area contributed by atoms with Gasteiger partial charge in [0, 0.05) is 19.0 Å². The number of hydrogen-bond acceptors (Lipinski definition) is 6. The summed E-state index contributed by atoms with van der Waals surface area (Å²) in [6, 6.07) is 11.5. The minimum absolute atomic E-state index is 0.0591. The van der Waals surface area contributed by atoms with Crippen molar-refractivity contribution < 1.29 is 29.0 Å². The van der Waals surface area contributed by atoms with Gasteiger partial charge in [-0.2, -0.15) is 0 Å². The van der Waals surface area contributed by atoms with Crippen molar-refractivity contribution in [3.63, 3.8) is 0 Å². The Balaban J connectivity index is 2.61. The lowest BCUT2D eigenvalue weighted by atomic mass is 9.95. The molecule has 5 N–H and O–H groups in total. The fraction of sp³-hybridized carbons (Fsp3) is 0.515. The van der Waals surface area contributed by atoms with Crippen LogP contribution in [0.1, 0.15) is 90.0 Å². The first-order valence-electron chi connectivity index (χ1n) is 14.8. The molecule has 0 bridgehead atoms. The van der Waals surface area contributed by atoms with Gasteiger partial charge in [-0.05, 0) is 88.6 Å². The maximum atomic E-state index is 14.5. The van der Waals surface area contributed by atoms with Crippen LogP contribution in [0.3, 0.4) is 0 Å². The van der Waals surface area contributed by atoms with E-state index in [4.69, 9.17) is 10.5 Å². The smallest absolute Gasteiger partial charge is 0.408 e. The Labute approximate surface area is 255 Å². The molecule has 2 aromatic rings. The lowest BCUT2D eigenvalue weighted by Crippen LogP contribution is -2.55. The Morgan fingerprint density at radius 3 is 2.19 bits per heavy atom. The number of carbonyl (C=O) groups is 4. The number of carbonyl (C=O) groups excluding carboxylic acids is 4. The molecule has 4 amide bonds. The van der Waals surface area contributed by atoms with Crippen LogP contribution >= 0.6 is 0 Å². The first-order chi connectivity index (χ1) is 20.1. The molecule has 2 aromatic carbocycles. The zero-order chi connectivity index (χ0) is 32.3. The van der Waals surface area contributed by atoms with Gasteiger partial charge in [-0.1, -0.05) is 50.2 Å². The van der Waals surface area contributed by atoms with Gasteiger partial charge in [0.05, 0.1) is 0 Å². The number of amides is 4. The van der Waals surface area contributed by atoms with Gasteiger partial charge in [0.1, 0.15) is 23.4 Å². The zero-order valence-electron chi connectivity index (χ0n) is 26.5. The largest absolute Gasteiger partial charge is 0.508 e. The fourth-order valence-corrected chi connectivity index (χ4v) is 4.66. The third kappa shape index (κ3) is 11.6. The van der Waals surface area contributed by atoms with Gasteiger partial charge in [0.25, 0.3) is 0 Å². The summed E-state index contributed by atoms with van der Waals surface area (Å²) < 4.78 is 5.41. The van der Waals surface area contributed by atoms with E-state index in [1.165, 1.54) is 11.0 Å². The maximum absolute atomic E-state index is 14.5. The summed E-state index contributed by atoms with van der Waals surface area (Å²) in [5.74, 6) is -1.21. The number of hydrogen-bond donors (Lipinski definition) is 4. The summed E-state index contributed by atoms with van der Waals surface area (Å²) in [4.78, 5) is 54.5. The Hall–Kier alpha value is -4.08. The highest BCUT2D eigenvalue weighted by Gasteiger charge is 2.39. The number of rotatable bonds is 14. The first-order valence-corrected chi connectivity index (χ1v) is 14.8. The molecule has 0 fully saturated rings. The van der Waals surface area contributed by atoms with Gasteiger partial charge in [-0.3, -0.25) is 14.4 Å². The second kappa shape index (κ2) is 16.0. The van der Waals surface area contributed by atoms with Crippen LogP contribution in [0.4, 0.5) is 4.79 Å². The van der Waals surface area contributed by atoms with E-state index in [9.17, 15) is 24.3 Å². The SMILES string of the molecule is Cc1cc(C(C(=O)NCc2ccccc2)N(C(=O)C(CCC(N)=O)NC(=O)OC(C)(C)C)C(C)CCC(C)C)ccc1O. The van der Waals surface area contributed by atoms with E-state index in [2.05, 4.69) is 24.5 Å². The van der Waals surface area contributed by atoms with Crippen molar-refractivity contribution >= 4 is 23.8 Å². The van der Waals surface area contributed by atoms with E-state index >= 15 is 0 Å². The lowest BCUT2D eigenvalue weighted by molar-refractivity contribution is -0.145. The number of alkyl carbamates (subject to hydrolysis) is 1.